The van der Waals surface area contributed by atoms with Crippen LogP contribution in [-0.4, -0.2) is 29.3 Å². The molecular weight excluding hydrogens is 260 g/mol. The predicted molar refractivity (Wildman–Crippen MR) is 73.3 cm³/mol. The number of ether oxygens (including phenoxy) is 1. The first kappa shape index (κ1) is 13.9. The number of hydrogen-bond acceptors (Lipinski definition) is 7. The van der Waals surface area contributed by atoms with E-state index < -0.39 is 5.97 Å². The summed E-state index contributed by atoms with van der Waals surface area (Å²) in [5, 5.41) is 6.68. The number of carbonyl (C=O) groups is 1. The summed E-state index contributed by atoms with van der Waals surface area (Å²) in [5.74, 6) is 0.129. The Morgan fingerprint density at radius 1 is 1.50 bits per heavy atom. The molecule has 7 heteroatoms. The molecule has 0 aliphatic rings. The van der Waals surface area contributed by atoms with Crippen molar-refractivity contribution >= 4 is 17.3 Å². The second-order valence-corrected chi connectivity index (χ2v) is 4.03. The topological polar surface area (TPSA) is 103 Å². The molecule has 0 atom stereocenters. The lowest BCUT2D eigenvalue weighted by atomic mass is 10.1. The average Bonchev–Trinajstić information content (AvgIpc) is 2.94. The van der Waals surface area contributed by atoms with Crippen molar-refractivity contribution in [2.24, 2.45) is 0 Å². The monoisotopic (exact) mass is 276 g/mol. The molecule has 0 fully saturated rings. The van der Waals surface area contributed by atoms with Crippen molar-refractivity contribution in [3.05, 3.63) is 36.0 Å². The van der Waals surface area contributed by atoms with Gasteiger partial charge in [0.1, 0.15) is 0 Å². The largest absolute Gasteiger partial charge is 0.462 e. The summed E-state index contributed by atoms with van der Waals surface area (Å²) >= 11 is 0. The van der Waals surface area contributed by atoms with E-state index in [9.17, 15) is 4.79 Å². The van der Waals surface area contributed by atoms with Crippen LogP contribution in [0.5, 0.6) is 0 Å². The molecular formula is C13H16N4O3. The number of benzene rings is 1. The van der Waals surface area contributed by atoms with Gasteiger partial charge >= 0.3 is 5.97 Å². The van der Waals surface area contributed by atoms with Gasteiger partial charge in [0.15, 0.2) is 6.33 Å². The minimum absolute atomic E-state index is 0.313. The van der Waals surface area contributed by atoms with Crippen molar-refractivity contribution in [1.29, 1.82) is 0 Å². The van der Waals surface area contributed by atoms with Crippen molar-refractivity contribution < 1.29 is 14.1 Å². The fraction of sp³-hybridized carbons (Fsp3) is 0.308. The molecule has 0 saturated carbocycles. The van der Waals surface area contributed by atoms with Gasteiger partial charge in [-0.3, -0.25) is 0 Å². The number of nitrogen functional groups attached to an aromatic ring is 1. The Balaban J connectivity index is 1.98. The number of nitrogens with zero attached hydrogens (tertiary/aromatic N) is 2. The molecule has 3 N–H and O–H groups in total. The van der Waals surface area contributed by atoms with E-state index in [0.717, 1.165) is 5.69 Å². The van der Waals surface area contributed by atoms with Crippen molar-refractivity contribution in [3.63, 3.8) is 0 Å². The lowest BCUT2D eigenvalue weighted by Crippen LogP contribution is -2.10. The Morgan fingerprint density at radius 2 is 2.35 bits per heavy atom. The van der Waals surface area contributed by atoms with Gasteiger partial charge in [-0.05, 0) is 25.1 Å². The standard InChI is InChI=1S/C13H16N4O3/c1-2-19-13(18)10-7-9(3-4-11(10)14)15-6-5-12-16-8-17-20-12/h3-4,7-8,15H,2,5-6,14H2,1H3. The lowest BCUT2D eigenvalue weighted by Gasteiger charge is -2.09. The van der Waals surface area contributed by atoms with E-state index in [1.165, 1.54) is 6.33 Å². The molecule has 106 valence electrons. The highest BCUT2D eigenvalue weighted by Crippen LogP contribution is 2.19. The first-order valence-electron chi connectivity index (χ1n) is 6.26. The number of nitrogens with one attached hydrogen (secondary N) is 1. The number of carbonyl (C=O) groups excluding carboxylic acids is 1. The molecule has 1 aromatic heterocycles. The third kappa shape index (κ3) is 3.47. The van der Waals surface area contributed by atoms with Gasteiger partial charge in [0.25, 0.3) is 0 Å². The maximum Gasteiger partial charge on any atom is 0.340 e. The summed E-state index contributed by atoms with van der Waals surface area (Å²) in [4.78, 5) is 15.6. The van der Waals surface area contributed by atoms with Gasteiger partial charge < -0.3 is 20.3 Å². The van der Waals surface area contributed by atoms with Gasteiger partial charge in [-0.2, -0.15) is 4.98 Å². The molecule has 0 saturated heterocycles. The summed E-state index contributed by atoms with van der Waals surface area (Å²) in [6.07, 6.45) is 1.95. The minimum atomic E-state index is -0.425. The van der Waals surface area contributed by atoms with Crippen LogP contribution in [0.25, 0.3) is 0 Å². The molecule has 2 aromatic rings. The highest BCUT2D eigenvalue weighted by Gasteiger charge is 2.11. The van der Waals surface area contributed by atoms with Gasteiger partial charge in [0, 0.05) is 24.3 Å². The highest BCUT2D eigenvalue weighted by molar-refractivity contribution is 5.96. The van der Waals surface area contributed by atoms with Crippen LogP contribution in [-0.2, 0) is 11.2 Å². The SMILES string of the molecule is CCOC(=O)c1cc(NCCc2ncno2)ccc1N. The molecule has 0 bridgehead atoms. The van der Waals surface area contributed by atoms with Crippen LogP contribution in [0.4, 0.5) is 11.4 Å². The number of hydrogen-bond donors (Lipinski definition) is 2. The van der Waals surface area contributed by atoms with Gasteiger partial charge in [0.2, 0.25) is 5.89 Å². The van der Waals surface area contributed by atoms with Crippen molar-refractivity contribution in [1.82, 2.24) is 10.1 Å². The van der Waals surface area contributed by atoms with Gasteiger partial charge in [0.05, 0.1) is 12.2 Å². The molecule has 0 aliphatic heterocycles. The van der Waals surface area contributed by atoms with Crippen LogP contribution in [0.15, 0.2) is 29.0 Å². The van der Waals surface area contributed by atoms with Crippen LogP contribution >= 0.6 is 0 Å². The number of aromatic nitrogens is 2. The minimum Gasteiger partial charge on any atom is -0.462 e. The first-order chi connectivity index (χ1) is 9.70. The second-order valence-electron chi connectivity index (χ2n) is 4.03. The molecule has 0 radical (unpaired) electrons. The molecule has 1 heterocycles. The number of esters is 1. The maximum absolute atomic E-state index is 11.7. The number of rotatable bonds is 6. The van der Waals surface area contributed by atoms with E-state index in [1.807, 2.05) is 0 Å². The van der Waals surface area contributed by atoms with Crippen LogP contribution < -0.4 is 11.1 Å². The van der Waals surface area contributed by atoms with Gasteiger partial charge in [-0.15, -0.1) is 0 Å². The summed E-state index contributed by atoms with van der Waals surface area (Å²) in [6.45, 7) is 2.67. The van der Waals surface area contributed by atoms with E-state index in [1.54, 1.807) is 25.1 Å². The number of nitrogens with two attached hydrogens (primary N) is 1. The molecule has 20 heavy (non-hydrogen) atoms. The smallest absolute Gasteiger partial charge is 0.340 e. The lowest BCUT2D eigenvalue weighted by molar-refractivity contribution is 0.0527. The first-order valence-corrected chi connectivity index (χ1v) is 6.26. The normalized spacial score (nSPS) is 10.2. The Morgan fingerprint density at radius 3 is 3.05 bits per heavy atom. The van der Waals surface area contributed by atoms with E-state index >= 15 is 0 Å². The molecule has 0 aliphatic carbocycles. The summed E-state index contributed by atoms with van der Waals surface area (Å²) in [5.41, 5.74) is 7.29. The fourth-order valence-electron chi connectivity index (χ4n) is 1.67. The Labute approximate surface area is 116 Å². The summed E-state index contributed by atoms with van der Waals surface area (Å²) in [6, 6.07) is 5.13. The average molecular weight is 276 g/mol. The molecule has 0 spiro atoms. The van der Waals surface area contributed by atoms with Crippen LogP contribution in [0.2, 0.25) is 0 Å². The second kappa shape index (κ2) is 6.55. The zero-order chi connectivity index (χ0) is 14.4. The Hall–Kier alpha value is -2.57. The van der Waals surface area contributed by atoms with E-state index in [4.69, 9.17) is 15.0 Å². The van der Waals surface area contributed by atoms with E-state index in [2.05, 4.69) is 15.5 Å². The molecule has 0 unspecified atom stereocenters. The van der Waals surface area contributed by atoms with Crippen molar-refractivity contribution in [3.8, 4) is 0 Å². The van der Waals surface area contributed by atoms with Crippen LogP contribution in [0.3, 0.4) is 0 Å². The maximum atomic E-state index is 11.7. The van der Waals surface area contributed by atoms with Crippen molar-refractivity contribution in [2.45, 2.75) is 13.3 Å². The molecule has 2 rings (SSSR count). The molecule has 1 aromatic carbocycles. The van der Waals surface area contributed by atoms with E-state index in [-0.39, 0.29) is 0 Å². The predicted octanol–water partition coefficient (Wildman–Crippen LogP) is 1.48. The summed E-state index contributed by atoms with van der Waals surface area (Å²) in [7, 11) is 0. The van der Waals surface area contributed by atoms with Gasteiger partial charge in [-0.1, -0.05) is 5.16 Å². The zero-order valence-electron chi connectivity index (χ0n) is 11.1. The molecule has 0 amide bonds. The van der Waals surface area contributed by atoms with E-state index in [0.29, 0.717) is 36.7 Å². The third-order valence-corrected chi connectivity index (χ3v) is 2.62. The van der Waals surface area contributed by atoms with Crippen LogP contribution in [0, 0.1) is 0 Å². The Bertz CT molecular complexity index is 569. The van der Waals surface area contributed by atoms with Crippen molar-refractivity contribution in [2.75, 3.05) is 24.2 Å². The molecule has 7 nitrogen and oxygen atoms in total. The van der Waals surface area contributed by atoms with Crippen LogP contribution in [0.1, 0.15) is 23.2 Å². The third-order valence-electron chi connectivity index (χ3n) is 2.62. The Kier molecular flexibility index (Phi) is 4.54. The zero-order valence-corrected chi connectivity index (χ0v) is 11.1. The highest BCUT2D eigenvalue weighted by atomic mass is 16.5. The summed E-state index contributed by atoms with van der Waals surface area (Å²) < 4.78 is 9.84. The quantitative estimate of drug-likeness (QED) is 0.608. The fourth-order valence-corrected chi connectivity index (χ4v) is 1.67. The number of anilines is 2. The van der Waals surface area contributed by atoms with Gasteiger partial charge in [-0.25, -0.2) is 4.79 Å².